The van der Waals surface area contributed by atoms with Gasteiger partial charge in [-0.1, -0.05) is 45.8 Å². The van der Waals surface area contributed by atoms with E-state index < -0.39 is 0 Å². The normalized spacial score (nSPS) is 10.6. The lowest BCUT2D eigenvalue weighted by molar-refractivity contribution is 0.805. The molecule has 0 fully saturated rings. The molecule has 106 valence electrons. The standard InChI is InChI=1S/C17H21BrN2/c1-13-4-6-14(7-5-13)12-20(3)17-9-8-16(18)10-15(17)11-19-2/h4-10,19H,11-12H2,1-3H3. The van der Waals surface area contributed by atoms with Crippen LogP contribution in [0.2, 0.25) is 0 Å². The van der Waals surface area contributed by atoms with Gasteiger partial charge >= 0.3 is 0 Å². The van der Waals surface area contributed by atoms with E-state index in [2.05, 4.69) is 82.6 Å². The maximum atomic E-state index is 3.54. The van der Waals surface area contributed by atoms with Crippen molar-refractivity contribution in [3.05, 3.63) is 63.6 Å². The van der Waals surface area contributed by atoms with Crippen molar-refractivity contribution < 1.29 is 0 Å². The van der Waals surface area contributed by atoms with Crippen LogP contribution in [0.1, 0.15) is 16.7 Å². The number of anilines is 1. The molecule has 0 atom stereocenters. The summed E-state index contributed by atoms with van der Waals surface area (Å²) in [6, 6.07) is 15.2. The maximum Gasteiger partial charge on any atom is 0.0426 e. The number of nitrogens with one attached hydrogen (secondary N) is 1. The van der Waals surface area contributed by atoms with E-state index in [0.29, 0.717) is 0 Å². The molecule has 0 radical (unpaired) electrons. The van der Waals surface area contributed by atoms with Crippen molar-refractivity contribution in [1.82, 2.24) is 5.32 Å². The van der Waals surface area contributed by atoms with Crippen LogP contribution >= 0.6 is 15.9 Å². The molecular weight excluding hydrogens is 312 g/mol. The van der Waals surface area contributed by atoms with Crippen molar-refractivity contribution in [2.75, 3.05) is 19.0 Å². The minimum atomic E-state index is 0.868. The molecular formula is C17H21BrN2. The van der Waals surface area contributed by atoms with E-state index in [9.17, 15) is 0 Å². The molecule has 0 unspecified atom stereocenters. The Morgan fingerprint density at radius 1 is 1.10 bits per heavy atom. The molecule has 2 nitrogen and oxygen atoms in total. The van der Waals surface area contributed by atoms with Crippen molar-refractivity contribution in [2.24, 2.45) is 0 Å². The molecule has 2 aromatic carbocycles. The monoisotopic (exact) mass is 332 g/mol. The zero-order valence-corrected chi connectivity index (χ0v) is 13.9. The quantitative estimate of drug-likeness (QED) is 0.886. The molecule has 0 aliphatic rings. The first-order chi connectivity index (χ1) is 9.60. The van der Waals surface area contributed by atoms with Crippen molar-refractivity contribution in [2.45, 2.75) is 20.0 Å². The van der Waals surface area contributed by atoms with Gasteiger partial charge in [0, 0.05) is 30.3 Å². The van der Waals surface area contributed by atoms with E-state index in [-0.39, 0.29) is 0 Å². The van der Waals surface area contributed by atoms with E-state index >= 15 is 0 Å². The minimum Gasteiger partial charge on any atom is -0.370 e. The Hall–Kier alpha value is -1.32. The third-order valence-corrected chi connectivity index (χ3v) is 3.85. The molecule has 0 aliphatic carbocycles. The van der Waals surface area contributed by atoms with E-state index in [0.717, 1.165) is 17.6 Å². The first kappa shape index (κ1) is 15.1. The Balaban J connectivity index is 2.19. The van der Waals surface area contributed by atoms with Gasteiger partial charge in [0.05, 0.1) is 0 Å². The predicted octanol–water partition coefficient (Wildman–Crippen LogP) is 4.11. The van der Waals surface area contributed by atoms with E-state index in [1.165, 1.54) is 22.4 Å². The molecule has 0 bridgehead atoms. The number of halogens is 1. The average molecular weight is 333 g/mol. The third kappa shape index (κ3) is 3.84. The van der Waals surface area contributed by atoms with E-state index in [1.807, 2.05) is 7.05 Å². The van der Waals surface area contributed by atoms with E-state index in [4.69, 9.17) is 0 Å². The second-order valence-corrected chi connectivity index (χ2v) is 6.06. The molecule has 2 rings (SSSR count). The van der Waals surface area contributed by atoms with Crippen molar-refractivity contribution >= 4 is 21.6 Å². The fraction of sp³-hybridized carbons (Fsp3) is 0.294. The van der Waals surface area contributed by atoms with Gasteiger partial charge in [-0.3, -0.25) is 0 Å². The molecule has 0 aliphatic heterocycles. The predicted molar refractivity (Wildman–Crippen MR) is 90.2 cm³/mol. The van der Waals surface area contributed by atoms with Crippen molar-refractivity contribution in [3.63, 3.8) is 0 Å². The number of nitrogens with zero attached hydrogens (tertiary/aromatic N) is 1. The van der Waals surface area contributed by atoms with Gasteiger partial charge < -0.3 is 10.2 Å². The van der Waals surface area contributed by atoms with Crippen LogP contribution in [0.3, 0.4) is 0 Å². The highest BCUT2D eigenvalue weighted by Crippen LogP contribution is 2.25. The number of hydrogen-bond acceptors (Lipinski definition) is 2. The summed E-state index contributed by atoms with van der Waals surface area (Å²) < 4.78 is 1.12. The summed E-state index contributed by atoms with van der Waals surface area (Å²) >= 11 is 3.54. The van der Waals surface area contributed by atoms with Crippen LogP contribution in [0.15, 0.2) is 46.9 Å². The van der Waals surface area contributed by atoms with Crippen LogP contribution in [0.4, 0.5) is 5.69 Å². The van der Waals surface area contributed by atoms with Crippen LogP contribution in [-0.4, -0.2) is 14.1 Å². The Morgan fingerprint density at radius 2 is 1.80 bits per heavy atom. The second kappa shape index (κ2) is 6.91. The number of benzene rings is 2. The second-order valence-electron chi connectivity index (χ2n) is 5.15. The van der Waals surface area contributed by atoms with Crippen LogP contribution in [0, 0.1) is 6.92 Å². The van der Waals surface area contributed by atoms with Crippen LogP contribution in [-0.2, 0) is 13.1 Å². The van der Waals surface area contributed by atoms with Crippen molar-refractivity contribution in [1.29, 1.82) is 0 Å². The Kier molecular flexibility index (Phi) is 5.21. The van der Waals surface area contributed by atoms with E-state index in [1.54, 1.807) is 0 Å². The summed E-state index contributed by atoms with van der Waals surface area (Å²) in [6.45, 7) is 3.90. The Bertz CT molecular complexity index is 564. The highest BCUT2D eigenvalue weighted by Gasteiger charge is 2.08. The molecule has 3 heteroatoms. The van der Waals surface area contributed by atoms with Gasteiger partial charge in [0.2, 0.25) is 0 Å². The molecule has 0 aromatic heterocycles. The highest BCUT2D eigenvalue weighted by molar-refractivity contribution is 9.10. The topological polar surface area (TPSA) is 15.3 Å². The molecule has 0 saturated carbocycles. The fourth-order valence-corrected chi connectivity index (χ4v) is 2.72. The van der Waals surface area contributed by atoms with Gasteiger partial charge in [-0.25, -0.2) is 0 Å². The molecule has 0 amide bonds. The summed E-state index contributed by atoms with van der Waals surface area (Å²) in [5.74, 6) is 0. The Morgan fingerprint density at radius 3 is 2.45 bits per heavy atom. The largest absolute Gasteiger partial charge is 0.370 e. The molecule has 20 heavy (non-hydrogen) atoms. The first-order valence-corrected chi connectivity index (χ1v) is 7.59. The average Bonchev–Trinajstić information content (AvgIpc) is 2.42. The van der Waals surface area contributed by atoms with Crippen LogP contribution < -0.4 is 10.2 Å². The third-order valence-electron chi connectivity index (χ3n) is 3.36. The lowest BCUT2D eigenvalue weighted by Crippen LogP contribution is -2.19. The Labute approximate surface area is 129 Å². The summed E-state index contributed by atoms with van der Waals surface area (Å²) in [4.78, 5) is 2.30. The van der Waals surface area contributed by atoms with Crippen LogP contribution in [0.25, 0.3) is 0 Å². The molecule has 0 saturated heterocycles. The number of aryl methyl sites for hydroxylation is 1. The zero-order chi connectivity index (χ0) is 14.5. The van der Waals surface area contributed by atoms with Gasteiger partial charge in [0.15, 0.2) is 0 Å². The molecule has 0 spiro atoms. The van der Waals surface area contributed by atoms with Gasteiger partial charge in [0.1, 0.15) is 0 Å². The fourth-order valence-electron chi connectivity index (χ4n) is 2.31. The van der Waals surface area contributed by atoms with Crippen molar-refractivity contribution in [3.8, 4) is 0 Å². The zero-order valence-electron chi connectivity index (χ0n) is 12.3. The summed E-state index contributed by atoms with van der Waals surface area (Å²) in [7, 11) is 4.12. The highest BCUT2D eigenvalue weighted by atomic mass is 79.9. The molecule has 0 heterocycles. The van der Waals surface area contributed by atoms with Gasteiger partial charge in [0.25, 0.3) is 0 Å². The summed E-state index contributed by atoms with van der Waals surface area (Å²) in [5.41, 5.74) is 5.20. The SMILES string of the molecule is CNCc1cc(Br)ccc1N(C)Cc1ccc(C)cc1. The minimum absolute atomic E-state index is 0.868. The molecule has 1 N–H and O–H groups in total. The first-order valence-electron chi connectivity index (χ1n) is 6.80. The summed E-state index contributed by atoms with van der Waals surface area (Å²) in [6.07, 6.45) is 0. The lowest BCUT2D eigenvalue weighted by atomic mass is 10.1. The van der Waals surface area contributed by atoms with Gasteiger partial charge in [-0.05, 0) is 43.3 Å². The lowest BCUT2D eigenvalue weighted by Gasteiger charge is -2.23. The van der Waals surface area contributed by atoms with Crippen LogP contribution in [0.5, 0.6) is 0 Å². The van der Waals surface area contributed by atoms with Gasteiger partial charge in [-0.2, -0.15) is 0 Å². The smallest absolute Gasteiger partial charge is 0.0426 e. The number of hydrogen-bond donors (Lipinski definition) is 1. The summed E-state index contributed by atoms with van der Waals surface area (Å²) in [5, 5.41) is 3.23. The van der Waals surface area contributed by atoms with Gasteiger partial charge in [-0.15, -0.1) is 0 Å². The number of rotatable bonds is 5. The molecule has 2 aromatic rings. The maximum absolute atomic E-state index is 3.54.